The molecule has 0 amide bonds. The van der Waals surface area contributed by atoms with E-state index in [-0.39, 0.29) is 0 Å². The van der Waals surface area contributed by atoms with E-state index in [9.17, 15) is 0 Å². The molecule has 1 fully saturated rings. The van der Waals surface area contributed by atoms with E-state index in [1.165, 1.54) is 22.4 Å². The van der Waals surface area contributed by atoms with Crippen molar-refractivity contribution in [3.05, 3.63) is 77.9 Å². The summed E-state index contributed by atoms with van der Waals surface area (Å²) in [5, 5.41) is 0. The van der Waals surface area contributed by atoms with Crippen LogP contribution in [0.5, 0.6) is 0 Å². The molecule has 1 aliphatic rings. The Kier molecular flexibility index (Phi) is 3.35. The van der Waals surface area contributed by atoms with Crippen molar-refractivity contribution in [2.45, 2.75) is 19.9 Å². The van der Waals surface area contributed by atoms with Crippen LogP contribution in [-0.2, 0) is 0 Å². The van der Waals surface area contributed by atoms with E-state index in [2.05, 4.69) is 79.9 Å². The van der Waals surface area contributed by atoms with E-state index >= 15 is 0 Å². The first-order valence-electron chi connectivity index (χ1n) is 7.21. The van der Waals surface area contributed by atoms with Gasteiger partial charge in [0.25, 0.3) is 0 Å². The molecular weight excluding hydrogens is 242 g/mol. The number of anilines is 1. The molecule has 0 aromatic heterocycles. The summed E-state index contributed by atoms with van der Waals surface area (Å²) in [6.07, 6.45) is 2.09. The number of benzene rings is 2. The molecule has 1 nitrogen and oxygen atoms in total. The molecule has 0 saturated carbocycles. The van der Waals surface area contributed by atoms with Gasteiger partial charge in [-0.15, -0.1) is 6.58 Å². The molecule has 0 aliphatic carbocycles. The molecule has 0 bridgehead atoms. The van der Waals surface area contributed by atoms with Gasteiger partial charge in [-0.05, 0) is 31.5 Å². The Morgan fingerprint density at radius 1 is 0.950 bits per heavy atom. The van der Waals surface area contributed by atoms with Crippen LogP contribution in [0.25, 0.3) is 0 Å². The van der Waals surface area contributed by atoms with E-state index in [0.29, 0.717) is 12.0 Å². The lowest BCUT2D eigenvalue weighted by atomic mass is 9.82. The zero-order valence-corrected chi connectivity index (χ0v) is 12.2. The second kappa shape index (κ2) is 5.16. The summed E-state index contributed by atoms with van der Waals surface area (Å²) in [7, 11) is 0. The quantitative estimate of drug-likeness (QED) is 0.728. The molecule has 0 radical (unpaired) electrons. The number of rotatable bonds is 3. The fourth-order valence-corrected chi connectivity index (χ4v) is 2.93. The lowest BCUT2D eigenvalue weighted by molar-refractivity contribution is 0.363. The predicted octanol–water partition coefficient (Wildman–Crippen LogP) is 4.67. The van der Waals surface area contributed by atoms with Crippen molar-refractivity contribution in [1.82, 2.24) is 0 Å². The number of hydrogen-bond donors (Lipinski definition) is 0. The fourth-order valence-electron chi connectivity index (χ4n) is 2.93. The minimum atomic E-state index is 0.427. The molecule has 3 rings (SSSR count). The summed E-state index contributed by atoms with van der Waals surface area (Å²) in [6.45, 7) is 9.31. The second-order valence-corrected chi connectivity index (χ2v) is 5.74. The van der Waals surface area contributed by atoms with Gasteiger partial charge in [-0.1, -0.05) is 53.6 Å². The van der Waals surface area contributed by atoms with Crippen molar-refractivity contribution in [1.29, 1.82) is 0 Å². The van der Waals surface area contributed by atoms with E-state index in [4.69, 9.17) is 0 Å². The maximum Gasteiger partial charge on any atom is 0.0622 e. The van der Waals surface area contributed by atoms with Gasteiger partial charge in [-0.3, -0.25) is 0 Å². The van der Waals surface area contributed by atoms with Gasteiger partial charge in [0.15, 0.2) is 0 Å². The first-order valence-corrected chi connectivity index (χ1v) is 7.21. The van der Waals surface area contributed by atoms with Crippen molar-refractivity contribution >= 4 is 5.69 Å². The molecule has 0 spiro atoms. The third-order valence-electron chi connectivity index (χ3n) is 4.24. The Labute approximate surface area is 121 Å². The Morgan fingerprint density at radius 2 is 1.50 bits per heavy atom. The molecule has 102 valence electrons. The van der Waals surface area contributed by atoms with E-state index in [1.807, 2.05) is 0 Å². The zero-order chi connectivity index (χ0) is 14.1. The first-order chi connectivity index (χ1) is 9.69. The fraction of sp³-hybridized carbons (Fsp3) is 0.263. The molecule has 1 heteroatoms. The van der Waals surface area contributed by atoms with Crippen molar-refractivity contribution in [3.8, 4) is 0 Å². The van der Waals surface area contributed by atoms with E-state index in [1.54, 1.807) is 0 Å². The largest absolute Gasteiger partial charge is 0.363 e. The van der Waals surface area contributed by atoms with Crippen LogP contribution >= 0.6 is 0 Å². The minimum Gasteiger partial charge on any atom is -0.363 e. The topological polar surface area (TPSA) is 3.24 Å². The monoisotopic (exact) mass is 263 g/mol. The van der Waals surface area contributed by atoms with Crippen molar-refractivity contribution in [2.24, 2.45) is 5.92 Å². The average Bonchev–Trinajstić information content (AvgIpc) is 2.43. The molecule has 0 unspecified atom stereocenters. The summed E-state index contributed by atoms with van der Waals surface area (Å²) in [5.74, 6) is 0.541. The highest BCUT2D eigenvalue weighted by atomic mass is 15.2. The van der Waals surface area contributed by atoms with Gasteiger partial charge < -0.3 is 4.90 Å². The summed E-state index contributed by atoms with van der Waals surface area (Å²) >= 11 is 0. The Bertz CT molecular complexity index is 595. The zero-order valence-electron chi connectivity index (χ0n) is 12.2. The van der Waals surface area contributed by atoms with Gasteiger partial charge in [-0.25, -0.2) is 0 Å². The molecule has 0 N–H and O–H groups in total. The Balaban J connectivity index is 1.90. The summed E-state index contributed by atoms with van der Waals surface area (Å²) in [6, 6.07) is 18.1. The van der Waals surface area contributed by atoms with Crippen LogP contribution in [0.15, 0.2) is 61.2 Å². The molecule has 2 atom stereocenters. The summed E-state index contributed by atoms with van der Waals surface area (Å²) < 4.78 is 0. The van der Waals surface area contributed by atoms with Crippen LogP contribution in [0.1, 0.15) is 22.7 Å². The standard InChI is InChI=1S/C19H21N/c1-4-16-13-20(18-11-7-15(3)8-12-18)19(16)17-9-5-14(2)6-10-17/h4-12,16,19H,1,13H2,2-3H3/t16-,19-/m1/s1. The first kappa shape index (κ1) is 13.0. The molecule has 20 heavy (non-hydrogen) atoms. The van der Waals surface area contributed by atoms with Gasteiger partial charge in [0, 0.05) is 18.2 Å². The maximum atomic E-state index is 3.99. The van der Waals surface area contributed by atoms with Gasteiger partial charge in [0.1, 0.15) is 0 Å². The van der Waals surface area contributed by atoms with Crippen LogP contribution in [0.3, 0.4) is 0 Å². The third-order valence-corrected chi connectivity index (χ3v) is 4.24. The third kappa shape index (κ3) is 2.24. The van der Waals surface area contributed by atoms with Crippen molar-refractivity contribution in [2.75, 3.05) is 11.4 Å². The lowest BCUT2D eigenvalue weighted by Crippen LogP contribution is -2.49. The van der Waals surface area contributed by atoms with Crippen LogP contribution in [-0.4, -0.2) is 6.54 Å². The van der Waals surface area contributed by atoms with Crippen molar-refractivity contribution in [3.63, 3.8) is 0 Å². The van der Waals surface area contributed by atoms with Gasteiger partial charge in [0.2, 0.25) is 0 Å². The highest BCUT2D eigenvalue weighted by molar-refractivity contribution is 5.54. The minimum absolute atomic E-state index is 0.427. The molecule has 2 aromatic carbocycles. The maximum absolute atomic E-state index is 3.99. The normalized spacial score (nSPS) is 21.4. The highest BCUT2D eigenvalue weighted by Gasteiger charge is 2.37. The number of hydrogen-bond acceptors (Lipinski definition) is 1. The van der Waals surface area contributed by atoms with Gasteiger partial charge >= 0.3 is 0 Å². The van der Waals surface area contributed by atoms with Crippen LogP contribution < -0.4 is 4.90 Å². The Hall–Kier alpha value is -2.02. The summed E-state index contributed by atoms with van der Waals surface area (Å²) in [5.41, 5.74) is 5.30. The van der Waals surface area contributed by atoms with Gasteiger partial charge in [0.05, 0.1) is 6.04 Å². The second-order valence-electron chi connectivity index (χ2n) is 5.74. The molecule has 1 heterocycles. The van der Waals surface area contributed by atoms with Gasteiger partial charge in [-0.2, -0.15) is 0 Å². The SMILES string of the molecule is C=C[C@@H]1CN(c2ccc(C)cc2)[C@H]1c1ccc(C)cc1. The smallest absolute Gasteiger partial charge is 0.0622 e. The summed E-state index contributed by atoms with van der Waals surface area (Å²) in [4.78, 5) is 2.47. The Morgan fingerprint density at radius 3 is 2.05 bits per heavy atom. The number of aryl methyl sites for hydroxylation is 2. The average molecular weight is 263 g/mol. The van der Waals surface area contributed by atoms with Crippen molar-refractivity contribution < 1.29 is 0 Å². The molecule has 2 aromatic rings. The molecular formula is C19H21N. The predicted molar refractivity (Wildman–Crippen MR) is 86.1 cm³/mol. The molecule has 1 saturated heterocycles. The van der Waals surface area contributed by atoms with E-state index < -0.39 is 0 Å². The number of nitrogens with zero attached hydrogens (tertiary/aromatic N) is 1. The van der Waals surface area contributed by atoms with Crippen LogP contribution in [0.4, 0.5) is 5.69 Å². The highest BCUT2D eigenvalue weighted by Crippen LogP contribution is 2.42. The lowest BCUT2D eigenvalue weighted by Gasteiger charge is -2.49. The van der Waals surface area contributed by atoms with Crippen LogP contribution in [0, 0.1) is 19.8 Å². The molecule has 1 aliphatic heterocycles. The van der Waals surface area contributed by atoms with E-state index in [0.717, 1.165) is 6.54 Å². The van der Waals surface area contributed by atoms with Crippen LogP contribution in [0.2, 0.25) is 0 Å².